The van der Waals surface area contributed by atoms with E-state index in [0.717, 1.165) is 30.1 Å². The molecule has 0 spiro atoms. The zero-order chi connectivity index (χ0) is 17.6. The van der Waals surface area contributed by atoms with Gasteiger partial charge in [0, 0.05) is 17.6 Å². The largest absolute Gasteiger partial charge is 0.497 e. The van der Waals surface area contributed by atoms with Crippen LogP contribution in [0.15, 0.2) is 92.6 Å². The predicted molar refractivity (Wildman–Crippen MR) is 107 cm³/mol. The predicted octanol–water partition coefficient (Wildman–Crippen LogP) is 5.32. The highest BCUT2D eigenvalue weighted by atomic mass is 32.2. The summed E-state index contributed by atoms with van der Waals surface area (Å²) in [7, 11) is 1.69. The molecular formula is C21H22N2OS. The molecule has 0 amide bonds. The van der Waals surface area contributed by atoms with Crippen molar-refractivity contribution in [2.24, 2.45) is 4.99 Å². The summed E-state index contributed by atoms with van der Waals surface area (Å²) in [5, 5.41) is 0. The SMILES string of the molecule is C=N/C(C)=C(/C1=CCC(Sc2ccc(OC)cc2)=C1)N1C=CC=CC1. The van der Waals surface area contributed by atoms with Crippen LogP contribution in [0.2, 0.25) is 0 Å². The first-order chi connectivity index (χ1) is 12.2. The van der Waals surface area contributed by atoms with Gasteiger partial charge < -0.3 is 9.64 Å². The van der Waals surface area contributed by atoms with Crippen LogP contribution in [-0.4, -0.2) is 25.3 Å². The zero-order valence-electron chi connectivity index (χ0n) is 14.6. The molecule has 0 atom stereocenters. The molecule has 0 saturated heterocycles. The smallest absolute Gasteiger partial charge is 0.118 e. The van der Waals surface area contributed by atoms with Gasteiger partial charge in [-0.1, -0.05) is 30.0 Å². The van der Waals surface area contributed by atoms with Gasteiger partial charge in [0.2, 0.25) is 0 Å². The van der Waals surface area contributed by atoms with E-state index in [4.69, 9.17) is 4.74 Å². The minimum Gasteiger partial charge on any atom is -0.497 e. The van der Waals surface area contributed by atoms with Crippen LogP contribution < -0.4 is 4.74 Å². The standard InChI is InChI=1S/C21H22N2OS/c1-16(22-2)21(23-13-5-4-6-14-23)17-7-10-20(15-17)25-19-11-8-18(24-3)9-12-19/h4-9,11-13,15H,2,10,14H2,1,3H3/b21-16-. The first-order valence-electron chi connectivity index (χ1n) is 8.22. The van der Waals surface area contributed by atoms with Crippen molar-refractivity contribution < 1.29 is 4.74 Å². The third-order valence-electron chi connectivity index (χ3n) is 4.10. The molecule has 1 heterocycles. The number of methoxy groups -OCH3 is 1. The molecule has 3 nitrogen and oxygen atoms in total. The number of rotatable bonds is 6. The number of benzene rings is 1. The van der Waals surface area contributed by atoms with E-state index in [-0.39, 0.29) is 0 Å². The Morgan fingerprint density at radius 2 is 2.04 bits per heavy atom. The zero-order valence-corrected chi connectivity index (χ0v) is 15.4. The van der Waals surface area contributed by atoms with Crippen molar-refractivity contribution in [3.8, 4) is 5.75 Å². The van der Waals surface area contributed by atoms with Crippen molar-refractivity contribution in [2.75, 3.05) is 13.7 Å². The van der Waals surface area contributed by atoms with E-state index < -0.39 is 0 Å². The van der Waals surface area contributed by atoms with E-state index >= 15 is 0 Å². The van der Waals surface area contributed by atoms with Crippen LogP contribution in [0.3, 0.4) is 0 Å². The number of nitrogens with zero attached hydrogens (tertiary/aromatic N) is 2. The van der Waals surface area contributed by atoms with Gasteiger partial charge in [-0.15, -0.1) is 0 Å². The normalized spacial score (nSPS) is 17.1. The molecular weight excluding hydrogens is 328 g/mol. The highest BCUT2D eigenvalue weighted by Crippen LogP contribution is 2.37. The highest BCUT2D eigenvalue weighted by Gasteiger charge is 2.18. The van der Waals surface area contributed by atoms with Crippen molar-refractivity contribution in [3.63, 3.8) is 0 Å². The minimum atomic E-state index is 0.852. The Kier molecular flexibility index (Phi) is 5.61. The van der Waals surface area contributed by atoms with E-state index in [9.17, 15) is 0 Å². The van der Waals surface area contributed by atoms with Gasteiger partial charge in [0.15, 0.2) is 0 Å². The van der Waals surface area contributed by atoms with E-state index in [2.05, 4.69) is 59.2 Å². The molecule has 1 aromatic rings. The molecule has 25 heavy (non-hydrogen) atoms. The molecule has 0 radical (unpaired) electrons. The summed E-state index contributed by atoms with van der Waals surface area (Å²) in [6, 6.07) is 8.17. The number of hydrogen-bond acceptors (Lipinski definition) is 4. The lowest BCUT2D eigenvalue weighted by atomic mass is 10.1. The Bertz CT molecular complexity index is 798. The molecule has 1 aliphatic carbocycles. The van der Waals surface area contributed by atoms with Crippen LogP contribution in [0.1, 0.15) is 13.3 Å². The fraction of sp³-hybridized carbons (Fsp3) is 0.190. The topological polar surface area (TPSA) is 24.8 Å². The van der Waals surface area contributed by atoms with Crippen LogP contribution in [-0.2, 0) is 0 Å². The third kappa shape index (κ3) is 4.15. The van der Waals surface area contributed by atoms with Crippen molar-refractivity contribution in [1.29, 1.82) is 0 Å². The van der Waals surface area contributed by atoms with Crippen LogP contribution in [0.25, 0.3) is 0 Å². The second-order valence-corrected chi connectivity index (χ2v) is 6.97. The maximum Gasteiger partial charge on any atom is 0.118 e. The van der Waals surface area contributed by atoms with Crippen molar-refractivity contribution >= 4 is 18.5 Å². The molecule has 2 aliphatic rings. The first-order valence-corrected chi connectivity index (χ1v) is 9.03. The lowest BCUT2D eigenvalue weighted by Crippen LogP contribution is -2.20. The maximum atomic E-state index is 5.22. The lowest BCUT2D eigenvalue weighted by molar-refractivity contribution is 0.414. The summed E-state index contributed by atoms with van der Waals surface area (Å²) in [5.74, 6) is 0.881. The number of aliphatic imine (C=N–C) groups is 1. The van der Waals surface area contributed by atoms with Gasteiger partial charge in [0.05, 0.1) is 18.5 Å². The molecule has 1 aromatic carbocycles. The summed E-state index contributed by atoms with van der Waals surface area (Å²) in [6.07, 6.45) is 13.8. The monoisotopic (exact) mass is 350 g/mol. The molecule has 0 N–H and O–H groups in total. The van der Waals surface area contributed by atoms with Gasteiger partial charge in [-0.3, -0.25) is 4.99 Å². The molecule has 3 rings (SSSR count). The van der Waals surface area contributed by atoms with E-state index in [1.165, 1.54) is 15.4 Å². The Labute approximate surface area is 153 Å². The quantitative estimate of drug-likeness (QED) is 0.649. The van der Waals surface area contributed by atoms with E-state index in [1.54, 1.807) is 18.9 Å². The lowest BCUT2D eigenvalue weighted by Gasteiger charge is -2.25. The van der Waals surface area contributed by atoms with Gasteiger partial charge >= 0.3 is 0 Å². The van der Waals surface area contributed by atoms with Crippen molar-refractivity contribution in [3.05, 3.63) is 82.7 Å². The number of ether oxygens (including phenoxy) is 1. The van der Waals surface area contributed by atoms with Gasteiger partial charge in [0.1, 0.15) is 5.75 Å². The number of hydrogen-bond donors (Lipinski definition) is 0. The Morgan fingerprint density at radius 3 is 2.68 bits per heavy atom. The summed E-state index contributed by atoms with van der Waals surface area (Å²) < 4.78 is 5.22. The fourth-order valence-corrected chi connectivity index (χ4v) is 3.75. The summed E-state index contributed by atoms with van der Waals surface area (Å²) in [4.78, 5) is 8.93. The summed E-state index contributed by atoms with van der Waals surface area (Å²) in [6.45, 7) is 6.57. The van der Waals surface area contributed by atoms with Gasteiger partial charge in [-0.2, -0.15) is 0 Å². The van der Waals surface area contributed by atoms with Crippen LogP contribution in [0, 0.1) is 0 Å². The molecule has 128 valence electrons. The van der Waals surface area contributed by atoms with Crippen molar-refractivity contribution in [2.45, 2.75) is 18.2 Å². The molecule has 1 aliphatic heterocycles. The molecule has 0 saturated carbocycles. The Morgan fingerprint density at radius 1 is 1.24 bits per heavy atom. The van der Waals surface area contributed by atoms with Crippen molar-refractivity contribution in [1.82, 2.24) is 4.90 Å². The fourth-order valence-electron chi connectivity index (χ4n) is 2.82. The average Bonchev–Trinajstić information content (AvgIpc) is 3.11. The average molecular weight is 350 g/mol. The minimum absolute atomic E-state index is 0.852. The van der Waals surface area contributed by atoms with Gasteiger partial charge in [-0.25, -0.2) is 0 Å². The van der Waals surface area contributed by atoms with Crippen LogP contribution in [0.4, 0.5) is 0 Å². The molecule has 0 unspecified atom stereocenters. The molecule has 4 heteroatoms. The van der Waals surface area contributed by atoms with Crippen LogP contribution >= 0.6 is 11.8 Å². The third-order valence-corrected chi connectivity index (χ3v) is 5.16. The maximum absolute atomic E-state index is 5.22. The Hall–Kier alpha value is -2.46. The molecule has 0 aromatic heterocycles. The first kappa shape index (κ1) is 17.4. The highest BCUT2D eigenvalue weighted by molar-refractivity contribution is 8.03. The van der Waals surface area contributed by atoms with E-state index in [0.29, 0.717) is 0 Å². The van der Waals surface area contributed by atoms with Gasteiger partial charge in [-0.05, 0) is 67.0 Å². The second-order valence-electron chi connectivity index (χ2n) is 5.77. The number of allylic oxidation sites excluding steroid dienone is 6. The van der Waals surface area contributed by atoms with Crippen LogP contribution in [0.5, 0.6) is 5.75 Å². The molecule has 0 bridgehead atoms. The van der Waals surface area contributed by atoms with Gasteiger partial charge in [0.25, 0.3) is 0 Å². The molecule has 0 fully saturated rings. The number of thioether (sulfide) groups is 1. The summed E-state index contributed by atoms with van der Waals surface area (Å²) >= 11 is 1.79. The Balaban J connectivity index is 1.78. The summed E-state index contributed by atoms with van der Waals surface area (Å²) in [5.41, 5.74) is 3.28. The second kappa shape index (κ2) is 8.08. The van der Waals surface area contributed by atoms with E-state index in [1.807, 2.05) is 25.1 Å².